The summed E-state index contributed by atoms with van der Waals surface area (Å²) in [5.74, 6) is 4.62. The summed E-state index contributed by atoms with van der Waals surface area (Å²) in [6, 6.07) is 0.830. The molecule has 0 aliphatic carbocycles. The lowest BCUT2D eigenvalue weighted by Gasteiger charge is -2.44. The molecule has 3 saturated heterocycles. The van der Waals surface area contributed by atoms with Gasteiger partial charge in [0.2, 0.25) is 0 Å². The zero-order chi connectivity index (χ0) is 11.2. The minimum atomic E-state index is 0.539. The zero-order valence-electron chi connectivity index (χ0n) is 10.5. The fourth-order valence-corrected chi connectivity index (χ4v) is 5.39. The fourth-order valence-electron chi connectivity index (χ4n) is 3.67. The molecular formula is C13H24N2S. The Morgan fingerprint density at radius 3 is 2.50 bits per heavy atom. The minimum absolute atomic E-state index is 0.539. The Kier molecular flexibility index (Phi) is 2.97. The molecule has 0 aromatic rings. The highest BCUT2D eigenvalue weighted by Crippen LogP contribution is 2.40. The van der Waals surface area contributed by atoms with Crippen molar-refractivity contribution in [3.8, 4) is 0 Å². The Morgan fingerprint density at radius 2 is 1.88 bits per heavy atom. The van der Waals surface area contributed by atoms with Crippen LogP contribution in [0.3, 0.4) is 0 Å². The summed E-state index contributed by atoms with van der Waals surface area (Å²) in [4.78, 5) is 2.81. The molecule has 0 spiro atoms. The number of fused-ring (bicyclic) bond motifs is 1. The topological polar surface area (TPSA) is 15.3 Å². The van der Waals surface area contributed by atoms with E-state index in [1.165, 1.54) is 44.1 Å². The molecule has 3 fully saturated rings. The molecule has 3 atom stereocenters. The van der Waals surface area contributed by atoms with Crippen molar-refractivity contribution in [3.05, 3.63) is 0 Å². The van der Waals surface area contributed by atoms with Crippen molar-refractivity contribution in [2.75, 3.05) is 37.7 Å². The third kappa shape index (κ3) is 1.91. The van der Waals surface area contributed by atoms with E-state index in [-0.39, 0.29) is 0 Å². The highest BCUT2D eigenvalue weighted by atomic mass is 32.2. The first kappa shape index (κ1) is 11.4. The minimum Gasteiger partial charge on any atom is -0.316 e. The molecule has 2 nitrogen and oxygen atoms in total. The number of thioether (sulfide) groups is 1. The van der Waals surface area contributed by atoms with Crippen LogP contribution in [0.15, 0.2) is 0 Å². The second kappa shape index (κ2) is 4.18. The number of hydrogen-bond acceptors (Lipinski definition) is 3. The van der Waals surface area contributed by atoms with Crippen LogP contribution < -0.4 is 5.32 Å². The standard InChI is InChI=1S/C13H24N2S/c1-13(2)3-4-16-9-12(13)15-7-10-5-14-6-11(10)8-15/h10-12,14H,3-9H2,1-2H3/t10-,11+,12?. The molecule has 1 unspecified atom stereocenters. The van der Waals surface area contributed by atoms with Crippen LogP contribution >= 0.6 is 11.8 Å². The summed E-state index contributed by atoms with van der Waals surface area (Å²) in [6.45, 7) is 10.2. The molecule has 0 aromatic carbocycles. The normalized spacial score (nSPS) is 43.5. The molecule has 0 amide bonds. The van der Waals surface area contributed by atoms with Crippen LogP contribution in [0.4, 0.5) is 0 Å². The van der Waals surface area contributed by atoms with Gasteiger partial charge in [0.25, 0.3) is 0 Å². The van der Waals surface area contributed by atoms with Gasteiger partial charge < -0.3 is 5.32 Å². The van der Waals surface area contributed by atoms with Crippen molar-refractivity contribution >= 4 is 11.8 Å². The average molecular weight is 240 g/mol. The van der Waals surface area contributed by atoms with E-state index in [2.05, 4.69) is 35.8 Å². The predicted molar refractivity (Wildman–Crippen MR) is 70.9 cm³/mol. The van der Waals surface area contributed by atoms with Gasteiger partial charge in [-0.1, -0.05) is 13.8 Å². The van der Waals surface area contributed by atoms with E-state index in [0.29, 0.717) is 5.41 Å². The molecule has 0 saturated carbocycles. The van der Waals surface area contributed by atoms with E-state index in [0.717, 1.165) is 17.9 Å². The molecule has 3 heteroatoms. The second-order valence-corrected chi connectivity index (χ2v) is 7.61. The van der Waals surface area contributed by atoms with E-state index >= 15 is 0 Å². The van der Waals surface area contributed by atoms with Gasteiger partial charge in [0, 0.05) is 24.9 Å². The van der Waals surface area contributed by atoms with Gasteiger partial charge in [-0.25, -0.2) is 0 Å². The van der Waals surface area contributed by atoms with Crippen LogP contribution in [0.1, 0.15) is 20.3 Å². The van der Waals surface area contributed by atoms with Crippen LogP contribution in [0.25, 0.3) is 0 Å². The summed E-state index contributed by atoms with van der Waals surface area (Å²) in [5, 5.41) is 3.54. The maximum atomic E-state index is 3.54. The monoisotopic (exact) mass is 240 g/mol. The summed E-state index contributed by atoms with van der Waals surface area (Å²) < 4.78 is 0. The van der Waals surface area contributed by atoms with Gasteiger partial charge in [0.05, 0.1) is 0 Å². The van der Waals surface area contributed by atoms with E-state index < -0.39 is 0 Å². The van der Waals surface area contributed by atoms with Crippen molar-refractivity contribution in [3.63, 3.8) is 0 Å². The Bertz CT molecular complexity index is 255. The number of nitrogens with zero attached hydrogens (tertiary/aromatic N) is 1. The smallest absolute Gasteiger partial charge is 0.0238 e. The van der Waals surface area contributed by atoms with Crippen molar-refractivity contribution < 1.29 is 0 Å². The van der Waals surface area contributed by atoms with E-state index in [1.807, 2.05) is 0 Å². The number of hydrogen-bond donors (Lipinski definition) is 1. The fraction of sp³-hybridized carbons (Fsp3) is 1.00. The molecular weight excluding hydrogens is 216 g/mol. The molecule has 1 N–H and O–H groups in total. The lowest BCUT2D eigenvalue weighted by atomic mass is 9.81. The molecule has 0 radical (unpaired) electrons. The summed E-state index contributed by atoms with van der Waals surface area (Å²) in [5.41, 5.74) is 0.539. The first-order valence-electron chi connectivity index (χ1n) is 6.69. The lowest BCUT2D eigenvalue weighted by molar-refractivity contribution is 0.113. The molecule has 3 rings (SSSR count). The van der Waals surface area contributed by atoms with Gasteiger partial charge in [0.1, 0.15) is 0 Å². The summed E-state index contributed by atoms with van der Waals surface area (Å²) in [6.07, 6.45) is 1.40. The Hall–Kier alpha value is 0.270. The van der Waals surface area contributed by atoms with Crippen LogP contribution in [-0.4, -0.2) is 48.6 Å². The van der Waals surface area contributed by atoms with Gasteiger partial charge in [-0.05, 0) is 42.5 Å². The zero-order valence-corrected chi connectivity index (χ0v) is 11.4. The Morgan fingerprint density at radius 1 is 1.19 bits per heavy atom. The molecule has 3 heterocycles. The van der Waals surface area contributed by atoms with Gasteiger partial charge in [-0.2, -0.15) is 11.8 Å². The maximum absolute atomic E-state index is 3.54. The van der Waals surface area contributed by atoms with Crippen molar-refractivity contribution in [1.82, 2.24) is 10.2 Å². The van der Waals surface area contributed by atoms with Gasteiger partial charge in [0.15, 0.2) is 0 Å². The molecule has 92 valence electrons. The van der Waals surface area contributed by atoms with Crippen LogP contribution in [0, 0.1) is 17.3 Å². The molecule has 0 bridgehead atoms. The Balaban J connectivity index is 1.69. The molecule has 3 aliphatic rings. The molecule has 0 aromatic heterocycles. The lowest BCUT2D eigenvalue weighted by Crippen LogP contribution is -2.49. The summed E-state index contributed by atoms with van der Waals surface area (Å²) in [7, 11) is 0. The average Bonchev–Trinajstić information content (AvgIpc) is 2.76. The number of nitrogens with one attached hydrogen (secondary N) is 1. The highest BCUT2D eigenvalue weighted by molar-refractivity contribution is 7.99. The van der Waals surface area contributed by atoms with Crippen molar-refractivity contribution in [1.29, 1.82) is 0 Å². The van der Waals surface area contributed by atoms with Crippen LogP contribution in [0.2, 0.25) is 0 Å². The summed E-state index contributed by atoms with van der Waals surface area (Å²) >= 11 is 2.16. The van der Waals surface area contributed by atoms with E-state index in [1.54, 1.807) is 0 Å². The quantitative estimate of drug-likeness (QED) is 0.750. The van der Waals surface area contributed by atoms with E-state index in [9.17, 15) is 0 Å². The van der Waals surface area contributed by atoms with Gasteiger partial charge in [-0.15, -0.1) is 0 Å². The second-order valence-electron chi connectivity index (χ2n) is 6.46. The van der Waals surface area contributed by atoms with E-state index in [4.69, 9.17) is 0 Å². The van der Waals surface area contributed by atoms with Crippen LogP contribution in [-0.2, 0) is 0 Å². The predicted octanol–water partition coefficient (Wildman–Crippen LogP) is 1.67. The molecule has 3 aliphatic heterocycles. The number of likely N-dealkylation sites (tertiary alicyclic amines) is 1. The number of rotatable bonds is 1. The Labute approximate surface area is 104 Å². The first-order valence-corrected chi connectivity index (χ1v) is 7.85. The van der Waals surface area contributed by atoms with Crippen LogP contribution in [0.5, 0.6) is 0 Å². The maximum Gasteiger partial charge on any atom is 0.0238 e. The SMILES string of the molecule is CC1(C)CCSCC1N1C[C@H]2CNC[C@H]2C1. The van der Waals surface area contributed by atoms with Crippen molar-refractivity contribution in [2.24, 2.45) is 17.3 Å². The van der Waals surface area contributed by atoms with Gasteiger partial charge >= 0.3 is 0 Å². The third-order valence-corrected chi connectivity index (χ3v) is 5.97. The highest BCUT2D eigenvalue weighted by Gasteiger charge is 2.43. The third-order valence-electron chi connectivity index (χ3n) is 4.93. The van der Waals surface area contributed by atoms with Gasteiger partial charge in [-0.3, -0.25) is 4.90 Å². The first-order chi connectivity index (χ1) is 7.67. The molecule has 16 heavy (non-hydrogen) atoms. The largest absolute Gasteiger partial charge is 0.316 e. The van der Waals surface area contributed by atoms with Crippen molar-refractivity contribution in [2.45, 2.75) is 26.3 Å².